The number of carbonyl (C=O) groups is 1. The predicted octanol–water partition coefficient (Wildman–Crippen LogP) is 2.16. The maximum absolute atomic E-state index is 11.1. The molecular weight excluding hydrogens is 190 g/mol. The van der Waals surface area contributed by atoms with Gasteiger partial charge in [0, 0.05) is 13.0 Å². The zero-order valence-corrected chi connectivity index (χ0v) is 9.19. The second kappa shape index (κ2) is 5.51. The summed E-state index contributed by atoms with van der Waals surface area (Å²) in [6.07, 6.45) is 0.199. The van der Waals surface area contributed by atoms with E-state index in [-0.39, 0.29) is 12.1 Å². The molecule has 0 aliphatic rings. The summed E-state index contributed by atoms with van der Waals surface area (Å²) in [5.41, 5.74) is 7.57. The quantitative estimate of drug-likeness (QED) is 0.770. The van der Waals surface area contributed by atoms with Crippen LogP contribution in [0.3, 0.4) is 0 Å². The number of ether oxygens (including phenoxy) is 1. The molecular formula is C12H17NO2. The monoisotopic (exact) mass is 207 g/mol. The molecule has 0 bridgehead atoms. The van der Waals surface area contributed by atoms with E-state index in [9.17, 15) is 4.79 Å². The van der Waals surface area contributed by atoms with Crippen molar-refractivity contribution in [3.05, 3.63) is 35.4 Å². The van der Waals surface area contributed by atoms with E-state index in [2.05, 4.69) is 0 Å². The zero-order chi connectivity index (χ0) is 11.3. The first-order valence-corrected chi connectivity index (χ1v) is 5.15. The molecule has 0 heterocycles. The topological polar surface area (TPSA) is 52.3 Å². The normalized spacial score (nSPS) is 12.2. The Bertz CT molecular complexity index is 336. The first-order chi connectivity index (χ1) is 7.17. The Hall–Kier alpha value is -1.35. The maximum atomic E-state index is 11.1. The standard InChI is InChI=1S/C12H17NO2/c1-3-12(14)15-9(2)11-6-4-5-10(7-11)8-13/h4-7,9H,3,8,13H2,1-2H3/t9-/m1/s1. The summed E-state index contributed by atoms with van der Waals surface area (Å²) in [5.74, 6) is -0.180. The fraction of sp³-hybridized carbons (Fsp3) is 0.417. The molecule has 1 atom stereocenters. The van der Waals surface area contributed by atoms with E-state index in [0.717, 1.165) is 11.1 Å². The molecule has 0 aromatic heterocycles. The molecule has 0 unspecified atom stereocenters. The lowest BCUT2D eigenvalue weighted by atomic mass is 10.1. The van der Waals surface area contributed by atoms with Gasteiger partial charge in [-0.1, -0.05) is 31.2 Å². The molecule has 15 heavy (non-hydrogen) atoms. The third kappa shape index (κ3) is 3.36. The molecule has 0 aliphatic heterocycles. The largest absolute Gasteiger partial charge is 0.458 e. The molecule has 0 radical (unpaired) electrons. The second-order valence-corrected chi connectivity index (χ2v) is 3.43. The Morgan fingerprint density at radius 1 is 1.53 bits per heavy atom. The molecule has 0 amide bonds. The number of benzene rings is 1. The Kier molecular flexibility index (Phi) is 4.31. The van der Waals surface area contributed by atoms with Crippen molar-refractivity contribution in [3.63, 3.8) is 0 Å². The van der Waals surface area contributed by atoms with Gasteiger partial charge in [-0.15, -0.1) is 0 Å². The SMILES string of the molecule is CCC(=O)O[C@H](C)c1cccc(CN)c1. The molecule has 0 saturated heterocycles. The molecule has 0 aliphatic carbocycles. The van der Waals surface area contributed by atoms with Crippen LogP contribution in [-0.2, 0) is 16.1 Å². The van der Waals surface area contributed by atoms with Crippen LogP contribution in [0.2, 0.25) is 0 Å². The highest BCUT2D eigenvalue weighted by Crippen LogP contribution is 2.18. The number of esters is 1. The van der Waals surface area contributed by atoms with Gasteiger partial charge in [-0.05, 0) is 18.1 Å². The van der Waals surface area contributed by atoms with E-state index in [1.165, 1.54) is 0 Å². The van der Waals surface area contributed by atoms with Crippen molar-refractivity contribution in [1.29, 1.82) is 0 Å². The van der Waals surface area contributed by atoms with Crippen LogP contribution in [0.1, 0.15) is 37.5 Å². The van der Waals surface area contributed by atoms with E-state index in [1.54, 1.807) is 6.92 Å². The number of hydrogen-bond acceptors (Lipinski definition) is 3. The van der Waals surface area contributed by atoms with Crippen molar-refractivity contribution >= 4 is 5.97 Å². The van der Waals surface area contributed by atoms with E-state index in [4.69, 9.17) is 10.5 Å². The van der Waals surface area contributed by atoms with E-state index < -0.39 is 0 Å². The summed E-state index contributed by atoms with van der Waals surface area (Å²) in [6.45, 7) is 4.15. The van der Waals surface area contributed by atoms with Gasteiger partial charge in [0.25, 0.3) is 0 Å². The van der Waals surface area contributed by atoms with Crippen molar-refractivity contribution in [2.75, 3.05) is 0 Å². The second-order valence-electron chi connectivity index (χ2n) is 3.43. The van der Waals surface area contributed by atoms with E-state index in [0.29, 0.717) is 13.0 Å². The van der Waals surface area contributed by atoms with Gasteiger partial charge < -0.3 is 10.5 Å². The van der Waals surface area contributed by atoms with E-state index >= 15 is 0 Å². The molecule has 0 spiro atoms. The van der Waals surface area contributed by atoms with Crippen LogP contribution in [0.15, 0.2) is 24.3 Å². The minimum absolute atomic E-state index is 0.180. The molecule has 1 aromatic carbocycles. The fourth-order valence-electron chi connectivity index (χ4n) is 1.32. The van der Waals surface area contributed by atoms with Crippen LogP contribution in [0.25, 0.3) is 0 Å². The first kappa shape index (κ1) is 11.7. The Morgan fingerprint density at radius 2 is 2.27 bits per heavy atom. The van der Waals surface area contributed by atoms with Crippen molar-refractivity contribution in [3.8, 4) is 0 Å². The summed E-state index contributed by atoms with van der Waals surface area (Å²) >= 11 is 0. The zero-order valence-electron chi connectivity index (χ0n) is 9.19. The molecule has 3 heteroatoms. The van der Waals surface area contributed by atoms with Gasteiger partial charge in [0.1, 0.15) is 6.10 Å². The number of carbonyl (C=O) groups excluding carboxylic acids is 1. The molecule has 0 saturated carbocycles. The van der Waals surface area contributed by atoms with Crippen LogP contribution in [-0.4, -0.2) is 5.97 Å². The molecule has 2 N–H and O–H groups in total. The number of hydrogen-bond donors (Lipinski definition) is 1. The summed E-state index contributed by atoms with van der Waals surface area (Å²) in [7, 11) is 0. The third-order valence-electron chi connectivity index (χ3n) is 2.25. The van der Waals surface area contributed by atoms with Crippen LogP contribution < -0.4 is 5.73 Å². The van der Waals surface area contributed by atoms with Crippen molar-refractivity contribution < 1.29 is 9.53 Å². The smallest absolute Gasteiger partial charge is 0.306 e. The van der Waals surface area contributed by atoms with Crippen molar-refractivity contribution in [1.82, 2.24) is 0 Å². The highest BCUT2D eigenvalue weighted by Gasteiger charge is 2.09. The van der Waals surface area contributed by atoms with E-state index in [1.807, 2.05) is 31.2 Å². The predicted molar refractivity (Wildman–Crippen MR) is 59.1 cm³/mol. The van der Waals surface area contributed by atoms with Crippen molar-refractivity contribution in [2.45, 2.75) is 32.9 Å². The minimum atomic E-state index is -0.205. The van der Waals surface area contributed by atoms with Gasteiger partial charge in [0.15, 0.2) is 0 Å². The van der Waals surface area contributed by atoms with Gasteiger partial charge in [0.2, 0.25) is 0 Å². The number of rotatable bonds is 4. The average molecular weight is 207 g/mol. The molecule has 1 aromatic rings. The number of nitrogens with two attached hydrogens (primary N) is 1. The summed E-state index contributed by atoms with van der Waals surface area (Å²) < 4.78 is 5.21. The van der Waals surface area contributed by atoms with Crippen LogP contribution in [0.4, 0.5) is 0 Å². The Balaban J connectivity index is 2.72. The van der Waals surface area contributed by atoms with Gasteiger partial charge in [-0.2, -0.15) is 0 Å². The van der Waals surface area contributed by atoms with Crippen LogP contribution in [0, 0.1) is 0 Å². The highest BCUT2D eigenvalue weighted by atomic mass is 16.5. The summed E-state index contributed by atoms with van der Waals surface area (Å²) in [6, 6.07) is 7.78. The van der Waals surface area contributed by atoms with Crippen LogP contribution >= 0.6 is 0 Å². The fourth-order valence-corrected chi connectivity index (χ4v) is 1.32. The lowest BCUT2D eigenvalue weighted by molar-refractivity contribution is -0.148. The Labute approximate surface area is 90.2 Å². The van der Waals surface area contributed by atoms with Gasteiger partial charge in [0.05, 0.1) is 0 Å². The van der Waals surface area contributed by atoms with Gasteiger partial charge in [-0.25, -0.2) is 0 Å². The minimum Gasteiger partial charge on any atom is -0.458 e. The first-order valence-electron chi connectivity index (χ1n) is 5.15. The van der Waals surface area contributed by atoms with Crippen molar-refractivity contribution in [2.24, 2.45) is 5.73 Å². The van der Waals surface area contributed by atoms with Gasteiger partial charge in [-0.3, -0.25) is 4.79 Å². The third-order valence-corrected chi connectivity index (χ3v) is 2.25. The average Bonchev–Trinajstić information content (AvgIpc) is 2.28. The van der Waals surface area contributed by atoms with Gasteiger partial charge >= 0.3 is 5.97 Å². The molecule has 1 rings (SSSR count). The lowest BCUT2D eigenvalue weighted by Crippen LogP contribution is -2.08. The Morgan fingerprint density at radius 3 is 2.87 bits per heavy atom. The maximum Gasteiger partial charge on any atom is 0.306 e. The summed E-state index contributed by atoms with van der Waals surface area (Å²) in [5, 5.41) is 0. The lowest BCUT2D eigenvalue weighted by Gasteiger charge is -2.13. The summed E-state index contributed by atoms with van der Waals surface area (Å²) in [4.78, 5) is 11.1. The molecule has 82 valence electrons. The highest BCUT2D eigenvalue weighted by molar-refractivity contribution is 5.69. The molecule has 3 nitrogen and oxygen atoms in total. The van der Waals surface area contributed by atoms with Crippen LogP contribution in [0.5, 0.6) is 0 Å². The molecule has 0 fully saturated rings.